The number of carbonyl (C=O) groups excluding carboxylic acids is 1. The maximum absolute atomic E-state index is 15.5. The lowest BCUT2D eigenvalue weighted by atomic mass is 9.92. The van der Waals surface area contributed by atoms with Gasteiger partial charge in [-0.15, -0.1) is 0 Å². The van der Waals surface area contributed by atoms with Gasteiger partial charge in [0.2, 0.25) is 5.88 Å². The predicted molar refractivity (Wildman–Crippen MR) is 164 cm³/mol. The van der Waals surface area contributed by atoms with Gasteiger partial charge < -0.3 is 20.5 Å². The largest absolute Gasteiger partial charge is 0.481 e. The lowest BCUT2D eigenvalue weighted by Gasteiger charge is -2.28. The average Bonchev–Trinajstić information content (AvgIpc) is 2.99. The Bertz CT molecular complexity index is 1730. The molecule has 1 amide bonds. The molecule has 1 fully saturated rings. The fourth-order valence-electron chi connectivity index (χ4n) is 5.21. The van der Waals surface area contributed by atoms with Crippen LogP contribution in [0.3, 0.4) is 0 Å². The highest BCUT2D eigenvalue weighted by Gasteiger charge is 2.25. The number of aliphatic hydroxyl groups is 1. The molecule has 0 bridgehead atoms. The summed E-state index contributed by atoms with van der Waals surface area (Å²) >= 11 is 13.6. The maximum atomic E-state index is 15.5. The molecule has 0 unspecified atom stereocenters. The zero-order valence-electron chi connectivity index (χ0n) is 23.5. The summed E-state index contributed by atoms with van der Waals surface area (Å²) in [6.07, 6.45) is 4.39. The van der Waals surface area contributed by atoms with Crippen LogP contribution in [0.25, 0.3) is 22.4 Å². The number of amides is 1. The van der Waals surface area contributed by atoms with E-state index in [4.69, 9.17) is 27.9 Å². The molecule has 3 N–H and O–H groups in total. The molecule has 1 aliphatic rings. The quantitative estimate of drug-likeness (QED) is 0.233. The highest BCUT2D eigenvalue weighted by atomic mass is 35.5. The zero-order valence-corrected chi connectivity index (χ0v) is 25.0. The first-order valence-corrected chi connectivity index (χ1v) is 14.5. The fraction of sp³-hybridized carbons (Fsp3) is 0.290. The topological polar surface area (TPSA) is 118 Å². The first-order chi connectivity index (χ1) is 20.7. The predicted octanol–water partition coefficient (Wildman–Crippen LogP) is 5.61. The lowest BCUT2D eigenvalue weighted by molar-refractivity contribution is 0.0899. The van der Waals surface area contributed by atoms with Crippen molar-refractivity contribution in [2.45, 2.75) is 44.4 Å². The Morgan fingerprint density at radius 1 is 1.09 bits per heavy atom. The number of methoxy groups -OCH3 is 1. The summed E-state index contributed by atoms with van der Waals surface area (Å²) in [5.74, 6) is -1.05. The number of nitrogens with one attached hydrogen (secondary N) is 2. The highest BCUT2D eigenvalue weighted by Crippen LogP contribution is 2.41. The van der Waals surface area contributed by atoms with Gasteiger partial charge in [-0.2, -0.15) is 5.10 Å². The number of hydrogen-bond donors (Lipinski definition) is 3. The number of aromatic nitrogens is 3. The third kappa shape index (κ3) is 6.42. The molecule has 2 atom stereocenters. The second kappa shape index (κ2) is 13.2. The first-order valence-electron chi connectivity index (χ1n) is 13.8. The maximum Gasteiger partial charge on any atom is 0.279 e. The van der Waals surface area contributed by atoms with Crippen molar-refractivity contribution in [2.75, 3.05) is 12.4 Å². The van der Waals surface area contributed by atoms with E-state index in [-0.39, 0.29) is 51.0 Å². The Labute approximate surface area is 257 Å². The summed E-state index contributed by atoms with van der Waals surface area (Å²) in [4.78, 5) is 29.7. The number of benzene rings is 2. The smallest absolute Gasteiger partial charge is 0.279 e. The van der Waals surface area contributed by atoms with Gasteiger partial charge in [-0.25, -0.2) is 14.1 Å². The molecule has 2 aromatic carbocycles. The first kappa shape index (κ1) is 30.6. The van der Waals surface area contributed by atoms with E-state index in [0.29, 0.717) is 23.1 Å². The Hall–Kier alpha value is -3.83. The van der Waals surface area contributed by atoms with Crippen molar-refractivity contribution < 1.29 is 19.0 Å². The van der Waals surface area contributed by atoms with Crippen LogP contribution in [0.4, 0.5) is 10.1 Å². The fourth-order valence-corrected chi connectivity index (χ4v) is 5.81. The molecular formula is C31H30Cl2FN5O4. The number of anilines is 1. The Morgan fingerprint density at radius 3 is 2.53 bits per heavy atom. The molecule has 1 aliphatic carbocycles. The number of ether oxygens (including phenoxy) is 1. The number of carbonyl (C=O) groups is 1. The van der Waals surface area contributed by atoms with Gasteiger partial charge in [0.1, 0.15) is 11.4 Å². The van der Waals surface area contributed by atoms with Gasteiger partial charge >= 0.3 is 0 Å². The zero-order chi connectivity index (χ0) is 30.7. The minimum atomic E-state index is -0.638. The summed E-state index contributed by atoms with van der Waals surface area (Å²) in [5.41, 5.74) is 1.64. The number of aryl methyl sites for hydroxylation is 1. The Balaban J connectivity index is 1.44. The van der Waals surface area contributed by atoms with E-state index in [1.807, 2.05) is 0 Å². The molecule has 0 saturated heterocycles. The molecule has 2 heterocycles. The molecule has 0 aliphatic heterocycles. The number of rotatable bonds is 8. The summed E-state index contributed by atoms with van der Waals surface area (Å²) in [6.45, 7) is 0.150. The minimum Gasteiger partial charge on any atom is -0.481 e. The van der Waals surface area contributed by atoms with E-state index in [2.05, 4.69) is 20.7 Å². The van der Waals surface area contributed by atoms with E-state index in [1.54, 1.807) is 36.4 Å². The van der Waals surface area contributed by atoms with E-state index in [9.17, 15) is 14.7 Å². The second-order valence-corrected chi connectivity index (χ2v) is 11.0. The lowest BCUT2D eigenvalue weighted by Crippen LogP contribution is -2.41. The minimum absolute atomic E-state index is 0.0883. The second-order valence-electron chi connectivity index (χ2n) is 10.3. The number of nitrogens with zero attached hydrogens (tertiary/aromatic N) is 3. The molecule has 12 heteroatoms. The van der Waals surface area contributed by atoms with Crippen LogP contribution in [0, 0.1) is 5.82 Å². The summed E-state index contributed by atoms with van der Waals surface area (Å²) in [5, 5.41) is 20.5. The monoisotopic (exact) mass is 625 g/mol. The van der Waals surface area contributed by atoms with Crippen LogP contribution in [-0.4, -0.2) is 45.0 Å². The van der Waals surface area contributed by atoms with Crippen molar-refractivity contribution in [1.29, 1.82) is 0 Å². The molecule has 0 radical (unpaired) electrons. The third-order valence-corrected chi connectivity index (χ3v) is 8.37. The molecule has 43 heavy (non-hydrogen) atoms. The molecule has 0 spiro atoms. The summed E-state index contributed by atoms with van der Waals surface area (Å²) in [7, 11) is 2.87. The number of halogens is 3. The van der Waals surface area contributed by atoms with E-state index in [0.717, 1.165) is 23.9 Å². The summed E-state index contributed by atoms with van der Waals surface area (Å²) in [6, 6.07) is 12.7. The number of aliphatic hydroxyl groups excluding tert-OH is 1. The number of pyridine rings is 1. The molecule has 224 valence electrons. The Kier molecular flexibility index (Phi) is 9.41. The van der Waals surface area contributed by atoms with Gasteiger partial charge in [-0.05, 0) is 25.0 Å². The number of hydrogen-bond acceptors (Lipinski definition) is 7. The van der Waals surface area contributed by atoms with Crippen LogP contribution in [-0.2, 0) is 13.6 Å². The van der Waals surface area contributed by atoms with Gasteiger partial charge in [0.15, 0.2) is 0 Å². The van der Waals surface area contributed by atoms with Crippen LogP contribution in [0.1, 0.15) is 41.6 Å². The SMILES string of the molecule is COc1nc(-c2cccc(-c3cccc(NC(=O)c4ccnn(C)c4=O)c3Cl)c2Cl)cc(F)c1CN[C@@H]1CCCC[C@@H]1O. The van der Waals surface area contributed by atoms with Gasteiger partial charge in [0.05, 0.1) is 40.2 Å². The standard InChI is InChI=1S/C31H30Cl2FN5O4/c1-39-31(42)20(13-14-36-39)29(41)37-24-11-6-8-18(28(24)33)17-7-5-9-19(27(17)32)25-15-22(34)21(30(38-25)43-2)16-35-23-10-3-4-12-26(23)40/h5-9,11,13-15,23,26,35,40H,3-4,10,12,16H2,1-2H3,(H,37,41)/t23-,26+/m1/s1. The Morgan fingerprint density at radius 2 is 1.79 bits per heavy atom. The summed E-state index contributed by atoms with van der Waals surface area (Å²) < 4.78 is 22.0. The van der Waals surface area contributed by atoms with Crippen LogP contribution < -0.4 is 20.9 Å². The van der Waals surface area contributed by atoms with Crippen molar-refractivity contribution in [1.82, 2.24) is 20.1 Å². The van der Waals surface area contributed by atoms with Crippen molar-refractivity contribution in [3.8, 4) is 28.3 Å². The highest BCUT2D eigenvalue weighted by molar-refractivity contribution is 6.39. The van der Waals surface area contributed by atoms with E-state index >= 15 is 4.39 Å². The van der Waals surface area contributed by atoms with Crippen LogP contribution in [0.15, 0.2) is 59.5 Å². The van der Waals surface area contributed by atoms with Crippen LogP contribution in [0.5, 0.6) is 5.88 Å². The van der Waals surface area contributed by atoms with Gasteiger partial charge in [-0.1, -0.05) is 66.4 Å². The van der Waals surface area contributed by atoms with Crippen molar-refractivity contribution in [3.63, 3.8) is 0 Å². The molecule has 9 nitrogen and oxygen atoms in total. The van der Waals surface area contributed by atoms with Gasteiger partial charge in [0, 0.05) is 48.6 Å². The normalized spacial score (nSPS) is 16.6. The van der Waals surface area contributed by atoms with Gasteiger partial charge in [-0.3, -0.25) is 9.59 Å². The molecule has 1 saturated carbocycles. The molecular weight excluding hydrogens is 596 g/mol. The van der Waals surface area contributed by atoms with E-state index < -0.39 is 23.4 Å². The van der Waals surface area contributed by atoms with Crippen molar-refractivity contribution in [2.24, 2.45) is 7.05 Å². The third-order valence-electron chi connectivity index (χ3n) is 7.56. The van der Waals surface area contributed by atoms with Crippen LogP contribution in [0.2, 0.25) is 10.0 Å². The molecule has 4 aromatic rings. The van der Waals surface area contributed by atoms with E-state index in [1.165, 1.54) is 32.5 Å². The molecule has 5 rings (SSSR count). The molecule has 2 aromatic heterocycles. The van der Waals surface area contributed by atoms with Crippen LogP contribution >= 0.6 is 23.2 Å². The van der Waals surface area contributed by atoms with Crippen molar-refractivity contribution >= 4 is 34.8 Å². The van der Waals surface area contributed by atoms with Gasteiger partial charge in [0.25, 0.3) is 11.5 Å². The average molecular weight is 627 g/mol. The van der Waals surface area contributed by atoms with Crippen molar-refractivity contribution in [3.05, 3.63) is 92.1 Å².